The summed E-state index contributed by atoms with van der Waals surface area (Å²) in [4.78, 5) is 2.52. The summed E-state index contributed by atoms with van der Waals surface area (Å²) >= 11 is 0. The fraction of sp³-hybridized carbons (Fsp3) is 0.0175. The quantitative estimate of drug-likeness (QED) is 0.163. The molecule has 274 valence electrons. The Morgan fingerprint density at radius 3 is 1.69 bits per heavy atom. The number of benzene rings is 10. The first-order valence-electron chi connectivity index (χ1n) is 20.5. The smallest absolute Gasteiger partial charge is 0.0755 e. The van der Waals surface area contributed by atoms with Crippen molar-refractivity contribution in [3.8, 4) is 27.9 Å². The second kappa shape index (κ2) is 12.2. The highest BCUT2D eigenvalue weighted by Gasteiger charge is 2.51. The number of hydrogen-bond donors (Lipinski definition) is 0. The molecular weight excluding hydrogens is 713 g/mol. The number of rotatable bonds is 4. The third-order valence-electron chi connectivity index (χ3n) is 13.1. The third-order valence-corrected chi connectivity index (χ3v) is 13.1. The monoisotopic (exact) mass is 748 g/mol. The summed E-state index contributed by atoms with van der Waals surface area (Å²) in [5.74, 6) is 0. The van der Waals surface area contributed by atoms with Gasteiger partial charge in [-0.25, -0.2) is 0 Å². The molecule has 1 aliphatic heterocycles. The lowest BCUT2D eigenvalue weighted by Gasteiger charge is -2.40. The minimum atomic E-state index is -0.545. The second-order valence-corrected chi connectivity index (χ2v) is 16.0. The molecule has 2 heterocycles. The minimum absolute atomic E-state index is 0.545. The molecule has 0 bridgehead atoms. The van der Waals surface area contributed by atoms with E-state index in [4.69, 9.17) is 0 Å². The summed E-state index contributed by atoms with van der Waals surface area (Å²) in [5.41, 5.74) is 16.8. The summed E-state index contributed by atoms with van der Waals surface area (Å²) < 4.78 is 2.54. The SMILES string of the molecule is c1ccc(-c2ccc(N(c3cc4c5c(c3)c3ccccc3n5-c3ccccc3C43c4ccccc4-c4ccccc43)c3cc4ccccc4c4ccccc34)cc2)cc1. The van der Waals surface area contributed by atoms with Gasteiger partial charge in [-0.3, -0.25) is 0 Å². The van der Waals surface area contributed by atoms with Crippen molar-refractivity contribution in [3.63, 3.8) is 0 Å². The molecule has 2 aliphatic rings. The van der Waals surface area contributed by atoms with Gasteiger partial charge in [-0.05, 0) is 103 Å². The zero-order valence-electron chi connectivity index (χ0n) is 32.2. The van der Waals surface area contributed by atoms with E-state index in [1.807, 2.05) is 0 Å². The fourth-order valence-electron chi connectivity index (χ4n) is 10.8. The van der Waals surface area contributed by atoms with Crippen LogP contribution in [0.3, 0.4) is 0 Å². The maximum Gasteiger partial charge on any atom is 0.0755 e. The molecule has 0 amide bonds. The van der Waals surface area contributed by atoms with Crippen LogP contribution in [-0.4, -0.2) is 4.57 Å². The lowest BCUT2D eigenvalue weighted by atomic mass is 9.65. The molecule has 59 heavy (non-hydrogen) atoms. The number of para-hydroxylation sites is 2. The summed E-state index contributed by atoms with van der Waals surface area (Å²) in [6, 6.07) is 81.2. The van der Waals surface area contributed by atoms with Gasteiger partial charge in [0.2, 0.25) is 0 Å². The summed E-state index contributed by atoms with van der Waals surface area (Å²) in [6.07, 6.45) is 0. The van der Waals surface area contributed by atoms with Gasteiger partial charge in [0.05, 0.1) is 27.8 Å². The van der Waals surface area contributed by atoms with E-state index in [0.717, 1.165) is 17.1 Å². The molecule has 2 nitrogen and oxygen atoms in total. The third kappa shape index (κ3) is 4.35. The van der Waals surface area contributed by atoms with Gasteiger partial charge in [0.25, 0.3) is 0 Å². The highest BCUT2D eigenvalue weighted by atomic mass is 15.1. The Morgan fingerprint density at radius 1 is 0.356 bits per heavy atom. The van der Waals surface area contributed by atoms with Crippen LogP contribution in [-0.2, 0) is 5.41 Å². The molecular formula is C57H36N2. The minimum Gasteiger partial charge on any atom is -0.310 e. The fourth-order valence-corrected chi connectivity index (χ4v) is 10.8. The van der Waals surface area contributed by atoms with Crippen molar-refractivity contribution in [3.05, 3.63) is 241 Å². The number of aromatic nitrogens is 1. The average molecular weight is 749 g/mol. The second-order valence-electron chi connectivity index (χ2n) is 16.0. The first kappa shape index (κ1) is 32.4. The predicted octanol–water partition coefficient (Wildman–Crippen LogP) is 14.9. The van der Waals surface area contributed by atoms with Crippen LogP contribution in [0.5, 0.6) is 0 Å². The van der Waals surface area contributed by atoms with Crippen LogP contribution in [0.25, 0.3) is 71.3 Å². The summed E-state index contributed by atoms with van der Waals surface area (Å²) in [5, 5.41) is 7.44. The highest BCUT2D eigenvalue weighted by Crippen LogP contribution is 2.62. The van der Waals surface area contributed by atoms with Crippen LogP contribution < -0.4 is 4.90 Å². The van der Waals surface area contributed by atoms with E-state index in [2.05, 4.69) is 228 Å². The molecule has 0 radical (unpaired) electrons. The molecule has 0 unspecified atom stereocenters. The van der Waals surface area contributed by atoms with Crippen molar-refractivity contribution in [2.75, 3.05) is 4.90 Å². The van der Waals surface area contributed by atoms with E-state index < -0.39 is 5.41 Å². The van der Waals surface area contributed by atoms with Crippen molar-refractivity contribution in [2.45, 2.75) is 5.41 Å². The molecule has 13 rings (SSSR count). The largest absolute Gasteiger partial charge is 0.310 e. The zero-order valence-corrected chi connectivity index (χ0v) is 32.2. The normalized spacial score (nSPS) is 13.2. The van der Waals surface area contributed by atoms with E-state index in [1.54, 1.807) is 0 Å². The molecule has 1 aliphatic carbocycles. The van der Waals surface area contributed by atoms with Gasteiger partial charge in [-0.1, -0.05) is 176 Å². The Balaban J connectivity index is 1.19. The van der Waals surface area contributed by atoms with Crippen molar-refractivity contribution in [1.29, 1.82) is 0 Å². The van der Waals surface area contributed by atoms with Gasteiger partial charge in [0.1, 0.15) is 0 Å². The van der Waals surface area contributed by atoms with Crippen LogP contribution in [0.1, 0.15) is 22.3 Å². The van der Waals surface area contributed by atoms with Gasteiger partial charge in [-0.15, -0.1) is 0 Å². The van der Waals surface area contributed by atoms with Crippen molar-refractivity contribution >= 4 is 60.4 Å². The van der Waals surface area contributed by atoms with E-state index in [-0.39, 0.29) is 0 Å². The lowest BCUT2D eigenvalue weighted by Crippen LogP contribution is -2.33. The number of fused-ring (bicyclic) bond motifs is 15. The molecule has 0 saturated heterocycles. The van der Waals surface area contributed by atoms with Gasteiger partial charge in [-0.2, -0.15) is 0 Å². The van der Waals surface area contributed by atoms with Gasteiger partial charge in [0.15, 0.2) is 0 Å². The molecule has 0 fully saturated rings. The van der Waals surface area contributed by atoms with Crippen LogP contribution in [0.2, 0.25) is 0 Å². The zero-order chi connectivity index (χ0) is 38.7. The van der Waals surface area contributed by atoms with Gasteiger partial charge in [0, 0.05) is 27.5 Å². The summed E-state index contributed by atoms with van der Waals surface area (Å²) in [6.45, 7) is 0. The van der Waals surface area contributed by atoms with Crippen LogP contribution in [0, 0.1) is 0 Å². The van der Waals surface area contributed by atoms with E-state index in [0.29, 0.717) is 0 Å². The topological polar surface area (TPSA) is 8.17 Å². The maximum atomic E-state index is 2.54. The molecule has 0 saturated carbocycles. The van der Waals surface area contributed by atoms with E-state index in [9.17, 15) is 0 Å². The first-order valence-corrected chi connectivity index (χ1v) is 20.5. The van der Waals surface area contributed by atoms with Crippen LogP contribution >= 0.6 is 0 Å². The molecule has 2 heteroatoms. The first-order chi connectivity index (χ1) is 29.3. The van der Waals surface area contributed by atoms with Crippen molar-refractivity contribution < 1.29 is 0 Å². The average Bonchev–Trinajstić information content (AvgIpc) is 3.80. The number of hydrogen-bond acceptors (Lipinski definition) is 1. The van der Waals surface area contributed by atoms with Crippen molar-refractivity contribution in [2.24, 2.45) is 0 Å². The van der Waals surface area contributed by atoms with Crippen LogP contribution in [0.4, 0.5) is 17.1 Å². The van der Waals surface area contributed by atoms with Gasteiger partial charge >= 0.3 is 0 Å². The van der Waals surface area contributed by atoms with Gasteiger partial charge < -0.3 is 9.47 Å². The molecule has 11 aromatic rings. The number of nitrogens with zero attached hydrogens (tertiary/aromatic N) is 2. The Kier molecular flexibility index (Phi) is 6.68. The Morgan fingerprint density at radius 2 is 0.932 bits per heavy atom. The molecule has 10 aromatic carbocycles. The van der Waals surface area contributed by atoms with Crippen molar-refractivity contribution in [1.82, 2.24) is 4.57 Å². The van der Waals surface area contributed by atoms with Crippen LogP contribution in [0.15, 0.2) is 218 Å². The molecule has 1 aromatic heterocycles. The maximum absolute atomic E-state index is 2.54. The van der Waals surface area contributed by atoms with E-state index in [1.165, 1.54) is 93.5 Å². The summed E-state index contributed by atoms with van der Waals surface area (Å²) in [7, 11) is 0. The Labute approximate surface area is 342 Å². The Bertz CT molecular complexity index is 3460. The number of anilines is 3. The highest BCUT2D eigenvalue weighted by molar-refractivity contribution is 6.17. The molecule has 0 atom stereocenters. The predicted molar refractivity (Wildman–Crippen MR) is 247 cm³/mol. The molecule has 1 spiro atoms. The standard InChI is InChI=1S/C57H36N2/c1-2-16-37(17-3-1)38-30-32-40(33-31-38)58(55-34-39-18-4-5-19-42(39)43-20-6-7-23-46(43)55)41-35-48-47-24-10-14-28-53(47)59-54-29-15-13-27-51(54)57(52(36-41)56(48)59)49-25-11-8-21-44(49)45-22-9-12-26-50(45)57/h1-36H. The van der Waals surface area contributed by atoms with E-state index >= 15 is 0 Å². The molecule has 0 N–H and O–H groups in total. The lowest BCUT2D eigenvalue weighted by molar-refractivity contribution is 0.748. The Hall–Kier alpha value is -7.68.